The first kappa shape index (κ1) is 29.3. The number of rotatable bonds is 10. The van der Waals surface area contributed by atoms with Gasteiger partial charge in [0.1, 0.15) is 12.6 Å². The highest BCUT2D eigenvalue weighted by molar-refractivity contribution is 6.31. The first-order valence-corrected chi connectivity index (χ1v) is 14.3. The van der Waals surface area contributed by atoms with Crippen molar-refractivity contribution in [3.05, 3.63) is 100 Å². The van der Waals surface area contributed by atoms with E-state index in [0.29, 0.717) is 35.9 Å². The molecular weight excluding hydrogens is 556 g/mol. The minimum atomic E-state index is -0.727. The molecule has 2 N–H and O–H groups in total. The fraction of sp³-hybridized carbons (Fsp3) is 0.312. The van der Waals surface area contributed by atoms with Crippen LogP contribution < -0.4 is 15.5 Å². The van der Waals surface area contributed by atoms with Crippen molar-refractivity contribution in [3.8, 4) is 0 Å². The van der Waals surface area contributed by atoms with Gasteiger partial charge in [-0.15, -0.1) is 0 Å². The summed E-state index contributed by atoms with van der Waals surface area (Å²) in [7, 11) is 0. The number of ether oxygens (including phenoxy) is 1. The van der Waals surface area contributed by atoms with Crippen molar-refractivity contribution in [1.82, 2.24) is 15.5 Å². The summed E-state index contributed by atoms with van der Waals surface area (Å²) in [4.78, 5) is 54.2. The Morgan fingerprint density at radius 1 is 1.02 bits per heavy atom. The van der Waals surface area contributed by atoms with Crippen LogP contribution in [0.2, 0.25) is 5.02 Å². The molecule has 0 unspecified atom stereocenters. The van der Waals surface area contributed by atoms with Crippen molar-refractivity contribution in [2.24, 2.45) is 0 Å². The highest BCUT2D eigenvalue weighted by atomic mass is 35.5. The number of carbonyl (C=O) groups is 4. The Bertz CT molecular complexity index is 1460. The molecule has 9 nitrogen and oxygen atoms in total. The van der Waals surface area contributed by atoms with Crippen LogP contribution >= 0.6 is 11.6 Å². The molecule has 2 fully saturated rings. The van der Waals surface area contributed by atoms with E-state index in [1.165, 1.54) is 6.92 Å². The lowest BCUT2D eigenvalue weighted by Crippen LogP contribution is -2.61. The summed E-state index contributed by atoms with van der Waals surface area (Å²) < 4.78 is 5.42. The second kappa shape index (κ2) is 13.2. The Balaban J connectivity index is 1.30. The summed E-state index contributed by atoms with van der Waals surface area (Å²) in [5.41, 5.74) is 3.52. The molecule has 1 heterocycles. The number of anilines is 1. The molecule has 1 saturated heterocycles. The van der Waals surface area contributed by atoms with Gasteiger partial charge in [0, 0.05) is 43.3 Å². The molecule has 0 aromatic heterocycles. The van der Waals surface area contributed by atoms with E-state index in [2.05, 4.69) is 10.6 Å². The molecule has 1 aliphatic heterocycles. The van der Waals surface area contributed by atoms with Gasteiger partial charge in [-0.2, -0.15) is 0 Å². The molecule has 0 bridgehead atoms. The Morgan fingerprint density at radius 3 is 2.43 bits per heavy atom. The van der Waals surface area contributed by atoms with Crippen molar-refractivity contribution >= 4 is 41.0 Å². The number of piperazine rings is 1. The number of halogens is 1. The lowest BCUT2D eigenvalue weighted by molar-refractivity contribution is -0.136. The van der Waals surface area contributed by atoms with Crippen LogP contribution in [0.3, 0.4) is 0 Å². The predicted octanol–water partition coefficient (Wildman–Crippen LogP) is 3.83. The SMILES string of the molecule is CC(=O)NCc1ccc(Cl)c(CN(C(=O)[C@H]2CNCC(=O)N2c2ccc(COC(=O)c3ccccc3)cc2)C2CC2)c1. The number of esters is 1. The van der Waals surface area contributed by atoms with E-state index in [4.69, 9.17) is 16.3 Å². The molecule has 1 saturated carbocycles. The maximum Gasteiger partial charge on any atom is 0.338 e. The maximum absolute atomic E-state index is 14.0. The molecule has 0 spiro atoms. The summed E-state index contributed by atoms with van der Waals surface area (Å²) in [6.07, 6.45) is 1.78. The number of hydrogen-bond donors (Lipinski definition) is 2. The number of hydrogen-bond acceptors (Lipinski definition) is 6. The Labute approximate surface area is 249 Å². The number of nitrogens with one attached hydrogen (secondary N) is 2. The fourth-order valence-corrected chi connectivity index (χ4v) is 5.16. The highest BCUT2D eigenvalue weighted by Gasteiger charge is 2.41. The molecule has 3 aromatic carbocycles. The molecule has 3 aromatic rings. The summed E-state index contributed by atoms with van der Waals surface area (Å²) in [5, 5.41) is 6.41. The number of amides is 3. The second-order valence-corrected chi connectivity index (χ2v) is 11.0. The van der Waals surface area contributed by atoms with Crippen molar-refractivity contribution < 1.29 is 23.9 Å². The van der Waals surface area contributed by atoms with Crippen LogP contribution in [0.25, 0.3) is 0 Å². The van der Waals surface area contributed by atoms with Gasteiger partial charge in [-0.1, -0.05) is 54.1 Å². The van der Waals surface area contributed by atoms with Gasteiger partial charge in [0.15, 0.2) is 0 Å². The molecule has 42 heavy (non-hydrogen) atoms. The third kappa shape index (κ3) is 7.16. The zero-order chi connectivity index (χ0) is 29.6. The zero-order valence-corrected chi connectivity index (χ0v) is 24.1. The fourth-order valence-electron chi connectivity index (χ4n) is 4.98. The monoisotopic (exact) mass is 588 g/mol. The summed E-state index contributed by atoms with van der Waals surface area (Å²) in [6.45, 7) is 2.67. The van der Waals surface area contributed by atoms with Gasteiger partial charge in [0.05, 0.1) is 12.1 Å². The van der Waals surface area contributed by atoms with E-state index >= 15 is 0 Å². The van der Waals surface area contributed by atoms with E-state index in [9.17, 15) is 19.2 Å². The quantitative estimate of drug-likeness (QED) is 0.349. The Hall–Kier alpha value is -4.21. The first-order valence-electron chi connectivity index (χ1n) is 14.0. The van der Waals surface area contributed by atoms with Crippen LogP contribution in [0.15, 0.2) is 72.8 Å². The van der Waals surface area contributed by atoms with Crippen LogP contribution in [-0.2, 0) is 38.8 Å². The molecule has 218 valence electrons. The average Bonchev–Trinajstić information content (AvgIpc) is 3.84. The van der Waals surface area contributed by atoms with Gasteiger partial charge in [-0.05, 0) is 59.9 Å². The summed E-state index contributed by atoms with van der Waals surface area (Å²) in [6, 6.07) is 20.8. The lowest BCUT2D eigenvalue weighted by atomic mass is 10.1. The van der Waals surface area contributed by atoms with Crippen LogP contribution in [0.1, 0.15) is 46.8 Å². The minimum absolute atomic E-state index is 0.0770. The standard InChI is InChI=1S/C32H33ClN4O5/c1-21(38)35-16-23-9-14-28(33)25(15-23)19-36(26-12-13-26)31(40)29-17-34-18-30(39)37(29)27-10-7-22(8-11-27)20-42-32(41)24-5-3-2-4-6-24/h2-11,14-15,26,29,34H,12-13,16-20H2,1H3,(H,35,38)/t29-/m1/s1. The molecule has 1 aliphatic carbocycles. The van der Waals surface area contributed by atoms with Gasteiger partial charge in [-0.25, -0.2) is 4.79 Å². The van der Waals surface area contributed by atoms with Gasteiger partial charge >= 0.3 is 5.97 Å². The van der Waals surface area contributed by atoms with Crippen molar-refractivity contribution in [3.63, 3.8) is 0 Å². The van der Waals surface area contributed by atoms with Gasteiger partial charge < -0.3 is 20.3 Å². The third-order valence-corrected chi connectivity index (χ3v) is 7.70. The Kier molecular flexibility index (Phi) is 9.19. The zero-order valence-electron chi connectivity index (χ0n) is 23.3. The van der Waals surface area contributed by atoms with Crippen LogP contribution in [0, 0.1) is 0 Å². The van der Waals surface area contributed by atoms with Gasteiger partial charge in [0.2, 0.25) is 17.7 Å². The molecular formula is C32H33ClN4O5. The minimum Gasteiger partial charge on any atom is -0.457 e. The number of nitrogens with zero attached hydrogens (tertiary/aromatic N) is 2. The van der Waals surface area contributed by atoms with E-state index in [0.717, 1.165) is 29.5 Å². The molecule has 1 atom stereocenters. The summed E-state index contributed by atoms with van der Waals surface area (Å²) >= 11 is 6.53. The van der Waals surface area contributed by atoms with E-state index in [-0.39, 0.29) is 36.9 Å². The lowest BCUT2D eigenvalue weighted by Gasteiger charge is -2.38. The van der Waals surface area contributed by atoms with Crippen LogP contribution in [0.4, 0.5) is 5.69 Å². The molecule has 10 heteroatoms. The predicted molar refractivity (Wildman–Crippen MR) is 159 cm³/mol. The largest absolute Gasteiger partial charge is 0.457 e. The second-order valence-electron chi connectivity index (χ2n) is 10.6. The molecule has 3 amide bonds. The van der Waals surface area contributed by atoms with Crippen molar-refractivity contribution in [2.45, 2.75) is 51.5 Å². The molecule has 5 rings (SSSR count). The number of carbonyl (C=O) groups excluding carboxylic acids is 4. The highest BCUT2D eigenvalue weighted by Crippen LogP contribution is 2.32. The topological polar surface area (TPSA) is 108 Å². The van der Waals surface area contributed by atoms with Crippen molar-refractivity contribution in [2.75, 3.05) is 18.0 Å². The summed E-state index contributed by atoms with van der Waals surface area (Å²) in [5.74, 6) is -0.892. The average molecular weight is 589 g/mol. The van der Waals surface area contributed by atoms with E-state index < -0.39 is 12.0 Å². The third-order valence-electron chi connectivity index (χ3n) is 7.34. The Morgan fingerprint density at radius 2 is 1.74 bits per heavy atom. The van der Waals surface area contributed by atoms with E-state index in [1.807, 2.05) is 23.1 Å². The normalized spacial score (nSPS) is 16.6. The van der Waals surface area contributed by atoms with Gasteiger partial charge in [-0.3, -0.25) is 19.3 Å². The van der Waals surface area contributed by atoms with Gasteiger partial charge in [0.25, 0.3) is 0 Å². The van der Waals surface area contributed by atoms with Crippen LogP contribution in [-0.4, -0.2) is 53.8 Å². The van der Waals surface area contributed by atoms with E-state index in [1.54, 1.807) is 59.5 Å². The maximum atomic E-state index is 14.0. The number of benzene rings is 3. The smallest absolute Gasteiger partial charge is 0.338 e. The van der Waals surface area contributed by atoms with Crippen molar-refractivity contribution in [1.29, 1.82) is 0 Å². The van der Waals surface area contributed by atoms with Crippen LogP contribution in [0.5, 0.6) is 0 Å². The first-order chi connectivity index (χ1) is 20.3. The molecule has 2 aliphatic rings. The molecule has 0 radical (unpaired) electrons.